The monoisotopic (exact) mass is 575 g/mol. The smallest absolute Gasteiger partial charge is 0.137 e. The van der Waals surface area contributed by atoms with Crippen LogP contribution < -0.4 is 4.90 Å². The molecule has 0 spiro atoms. The quantitative estimate of drug-likeness (QED) is 0.196. The van der Waals surface area contributed by atoms with E-state index in [1.54, 1.807) is 0 Å². The van der Waals surface area contributed by atoms with Crippen LogP contribution in [0.4, 0.5) is 17.1 Å². The van der Waals surface area contributed by atoms with E-state index in [9.17, 15) is 0 Å². The highest BCUT2D eigenvalue weighted by atomic mass is 16.3. The van der Waals surface area contributed by atoms with Crippen molar-refractivity contribution in [2.24, 2.45) is 0 Å². The third-order valence-electron chi connectivity index (χ3n) is 9.19. The van der Waals surface area contributed by atoms with Gasteiger partial charge in [0.2, 0.25) is 0 Å². The molecule has 0 aliphatic carbocycles. The lowest BCUT2D eigenvalue weighted by Gasteiger charge is -2.27. The Kier molecular flexibility index (Phi) is 5.00. The molecule has 2 aromatic heterocycles. The summed E-state index contributed by atoms with van der Waals surface area (Å²) in [6.45, 7) is 0. The average molecular weight is 576 g/mol. The molecule has 0 saturated heterocycles. The van der Waals surface area contributed by atoms with Crippen molar-refractivity contribution in [2.45, 2.75) is 0 Å². The van der Waals surface area contributed by atoms with Crippen molar-refractivity contribution in [3.63, 3.8) is 0 Å². The summed E-state index contributed by atoms with van der Waals surface area (Å²) in [6, 6.07) is 53.9. The Morgan fingerprint density at radius 2 is 0.956 bits per heavy atom. The third-order valence-corrected chi connectivity index (χ3v) is 9.19. The van der Waals surface area contributed by atoms with E-state index in [2.05, 4.69) is 132 Å². The van der Waals surface area contributed by atoms with Crippen LogP contribution in [0, 0.1) is 0 Å². The van der Waals surface area contributed by atoms with E-state index in [-0.39, 0.29) is 0 Å². The summed E-state index contributed by atoms with van der Waals surface area (Å²) in [5.74, 6) is 0. The van der Waals surface area contributed by atoms with Crippen LogP contribution in [0.25, 0.3) is 76.2 Å². The van der Waals surface area contributed by atoms with E-state index in [0.29, 0.717) is 0 Å². The maximum atomic E-state index is 6.35. The van der Waals surface area contributed by atoms with Crippen LogP contribution in [-0.4, -0.2) is 0 Å². The van der Waals surface area contributed by atoms with Gasteiger partial charge in [0.05, 0.1) is 11.1 Å². The standard InChI is InChI=1S/C42H25NO2/c1-2-9-28-22-30(20-18-26(28)8-1)43(37-12-7-15-40-42(37)33-11-4-6-14-39(33)44-40)31-21-19-27-16-17-29-23-41-36(25-35(29)34(27)24-31)32-10-3-5-13-38(32)45-41/h1-25H. The van der Waals surface area contributed by atoms with Crippen LogP contribution in [0.3, 0.4) is 0 Å². The zero-order valence-corrected chi connectivity index (χ0v) is 24.2. The minimum Gasteiger partial charge on any atom is -0.456 e. The summed E-state index contributed by atoms with van der Waals surface area (Å²) in [4.78, 5) is 2.38. The Hall–Kier alpha value is -6.06. The zero-order chi connectivity index (χ0) is 29.5. The maximum absolute atomic E-state index is 6.35. The van der Waals surface area contributed by atoms with E-state index in [0.717, 1.165) is 66.3 Å². The summed E-state index contributed by atoms with van der Waals surface area (Å²) >= 11 is 0. The molecule has 10 rings (SSSR count). The highest BCUT2D eigenvalue weighted by Crippen LogP contribution is 2.45. The van der Waals surface area contributed by atoms with Crippen molar-refractivity contribution in [3.05, 3.63) is 152 Å². The molecule has 0 aliphatic rings. The van der Waals surface area contributed by atoms with Gasteiger partial charge in [0.1, 0.15) is 22.3 Å². The molecule has 3 nitrogen and oxygen atoms in total. The Labute approximate surface area is 258 Å². The predicted octanol–water partition coefficient (Wildman–Crippen LogP) is 12.4. The number of anilines is 3. The first-order chi connectivity index (χ1) is 22.3. The Morgan fingerprint density at radius 1 is 0.333 bits per heavy atom. The topological polar surface area (TPSA) is 29.5 Å². The molecule has 2 heterocycles. The molecule has 45 heavy (non-hydrogen) atoms. The van der Waals surface area contributed by atoms with Gasteiger partial charge in [-0.1, -0.05) is 91.0 Å². The average Bonchev–Trinajstić information content (AvgIpc) is 3.66. The Balaban J connectivity index is 1.28. The van der Waals surface area contributed by atoms with Gasteiger partial charge in [0.15, 0.2) is 0 Å². The normalized spacial score (nSPS) is 12.0. The number of benzene rings is 8. The molecule has 0 saturated carbocycles. The molecule has 8 aromatic carbocycles. The molecule has 0 bridgehead atoms. The summed E-state index contributed by atoms with van der Waals surface area (Å²) in [6.07, 6.45) is 0. The van der Waals surface area contributed by atoms with Crippen LogP contribution in [0.15, 0.2) is 160 Å². The highest BCUT2D eigenvalue weighted by Gasteiger charge is 2.20. The molecule has 0 unspecified atom stereocenters. The second-order valence-corrected chi connectivity index (χ2v) is 11.8. The van der Waals surface area contributed by atoms with Gasteiger partial charge in [-0.25, -0.2) is 0 Å². The summed E-state index contributed by atoms with van der Waals surface area (Å²) in [5, 5.41) is 11.7. The van der Waals surface area contributed by atoms with Crippen molar-refractivity contribution < 1.29 is 8.83 Å². The van der Waals surface area contributed by atoms with Crippen molar-refractivity contribution in [1.29, 1.82) is 0 Å². The molecule has 10 aromatic rings. The number of hydrogen-bond donors (Lipinski definition) is 0. The number of fused-ring (bicyclic) bond motifs is 10. The molecule has 0 aliphatic heterocycles. The van der Waals surface area contributed by atoms with Crippen LogP contribution in [0.2, 0.25) is 0 Å². The van der Waals surface area contributed by atoms with E-state index < -0.39 is 0 Å². The molecular weight excluding hydrogens is 550 g/mol. The number of para-hydroxylation sites is 2. The van der Waals surface area contributed by atoms with Crippen molar-refractivity contribution in [1.82, 2.24) is 0 Å². The second kappa shape index (κ2) is 9.22. The summed E-state index contributed by atoms with van der Waals surface area (Å²) < 4.78 is 12.6. The largest absolute Gasteiger partial charge is 0.456 e. The fourth-order valence-electron chi connectivity index (χ4n) is 7.09. The first-order valence-corrected chi connectivity index (χ1v) is 15.3. The molecule has 0 atom stereocenters. The van der Waals surface area contributed by atoms with Crippen LogP contribution >= 0.6 is 0 Å². The lowest BCUT2D eigenvalue weighted by Crippen LogP contribution is -2.10. The van der Waals surface area contributed by atoms with E-state index in [1.165, 1.54) is 26.9 Å². The van der Waals surface area contributed by atoms with Crippen molar-refractivity contribution >= 4 is 93.3 Å². The van der Waals surface area contributed by atoms with Gasteiger partial charge in [0, 0.05) is 27.5 Å². The van der Waals surface area contributed by atoms with Gasteiger partial charge in [0.25, 0.3) is 0 Å². The molecule has 3 heteroatoms. The predicted molar refractivity (Wildman–Crippen MR) is 188 cm³/mol. The number of nitrogens with zero attached hydrogens (tertiary/aromatic N) is 1. The van der Waals surface area contributed by atoms with E-state index in [4.69, 9.17) is 8.83 Å². The van der Waals surface area contributed by atoms with Gasteiger partial charge in [-0.3, -0.25) is 0 Å². The maximum Gasteiger partial charge on any atom is 0.137 e. The Morgan fingerprint density at radius 3 is 1.84 bits per heavy atom. The number of hydrogen-bond acceptors (Lipinski definition) is 3. The minimum absolute atomic E-state index is 0.875. The van der Waals surface area contributed by atoms with Crippen LogP contribution in [0.1, 0.15) is 0 Å². The molecule has 0 N–H and O–H groups in total. The fourth-order valence-corrected chi connectivity index (χ4v) is 7.09. The van der Waals surface area contributed by atoms with E-state index in [1.807, 2.05) is 24.3 Å². The number of rotatable bonds is 3. The lowest BCUT2D eigenvalue weighted by atomic mass is 9.98. The van der Waals surface area contributed by atoms with E-state index >= 15 is 0 Å². The van der Waals surface area contributed by atoms with Crippen LogP contribution in [-0.2, 0) is 0 Å². The summed E-state index contributed by atoms with van der Waals surface area (Å²) in [5.41, 5.74) is 6.84. The first kappa shape index (κ1) is 24.4. The highest BCUT2D eigenvalue weighted by molar-refractivity contribution is 6.18. The van der Waals surface area contributed by atoms with Gasteiger partial charge < -0.3 is 13.7 Å². The SMILES string of the molecule is c1ccc2cc(N(c3ccc4ccc5cc6oc7ccccc7c6cc5c4c3)c3cccc4oc5ccccc5c34)ccc2c1. The second-order valence-electron chi connectivity index (χ2n) is 11.8. The molecule has 0 radical (unpaired) electrons. The molecule has 210 valence electrons. The van der Waals surface area contributed by atoms with Gasteiger partial charge in [-0.2, -0.15) is 0 Å². The van der Waals surface area contributed by atoms with Crippen molar-refractivity contribution in [3.8, 4) is 0 Å². The van der Waals surface area contributed by atoms with Gasteiger partial charge in [-0.05, 0) is 93.0 Å². The third kappa shape index (κ3) is 3.65. The minimum atomic E-state index is 0.875. The Bertz CT molecular complexity index is 2780. The number of furan rings is 2. The van der Waals surface area contributed by atoms with Crippen molar-refractivity contribution in [2.75, 3.05) is 4.90 Å². The van der Waals surface area contributed by atoms with Crippen LogP contribution in [0.5, 0.6) is 0 Å². The molecular formula is C42H25NO2. The summed E-state index contributed by atoms with van der Waals surface area (Å²) in [7, 11) is 0. The fraction of sp³-hybridized carbons (Fsp3) is 0. The zero-order valence-electron chi connectivity index (χ0n) is 24.2. The van der Waals surface area contributed by atoms with Gasteiger partial charge >= 0.3 is 0 Å². The molecule has 0 fully saturated rings. The first-order valence-electron chi connectivity index (χ1n) is 15.3. The lowest BCUT2D eigenvalue weighted by molar-refractivity contribution is 0.669. The van der Waals surface area contributed by atoms with Gasteiger partial charge in [-0.15, -0.1) is 0 Å². The molecule has 0 amide bonds.